The van der Waals surface area contributed by atoms with Crippen molar-refractivity contribution in [1.82, 2.24) is 5.32 Å². The van der Waals surface area contributed by atoms with Gasteiger partial charge < -0.3 is 10.6 Å². The van der Waals surface area contributed by atoms with Crippen molar-refractivity contribution in [3.63, 3.8) is 0 Å². The predicted octanol–water partition coefficient (Wildman–Crippen LogP) is 2.91. The lowest BCUT2D eigenvalue weighted by Crippen LogP contribution is -2.34. The average Bonchev–Trinajstić information content (AvgIpc) is 2.38. The third-order valence-electron chi connectivity index (χ3n) is 2.76. The minimum absolute atomic E-state index is 0.00936. The molecule has 0 aliphatic rings. The zero-order valence-electron chi connectivity index (χ0n) is 11.4. The van der Waals surface area contributed by atoms with Crippen LogP contribution in [-0.4, -0.2) is 15.9 Å². The Morgan fingerprint density at radius 3 is 2.75 bits per heavy atom. The Hall–Kier alpha value is -2.02. The van der Waals surface area contributed by atoms with Crippen LogP contribution >= 0.6 is 12.2 Å². The number of nitro benzene ring substituents is 1. The Morgan fingerprint density at radius 2 is 2.15 bits per heavy atom. The summed E-state index contributed by atoms with van der Waals surface area (Å²) in [5, 5.41) is 16.3. The molecule has 0 aliphatic carbocycles. The minimum atomic E-state index is -0.455. The van der Waals surface area contributed by atoms with Crippen LogP contribution < -0.4 is 10.6 Å². The maximum absolute atomic E-state index is 11.5. The monoisotopic (exact) mass is 295 g/mol. The van der Waals surface area contributed by atoms with Crippen molar-refractivity contribution in [2.75, 3.05) is 5.32 Å². The lowest BCUT2D eigenvalue weighted by atomic mass is 10.1. The van der Waals surface area contributed by atoms with Crippen molar-refractivity contribution in [2.45, 2.75) is 33.1 Å². The summed E-state index contributed by atoms with van der Waals surface area (Å²) < 4.78 is 0. The Balaban J connectivity index is 2.69. The van der Waals surface area contributed by atoms with Crippen LogP contribution in [0, 0.1) is 17.0 Å². The van der Waals surface area contributed by atoms with Crippen LogP contribution in [0.25, 0.3) is 0 Å². The first-order chi connectivity index (χ1) is 9.45. The van der Waals surface area contributed by atoms with Gasteiger partial charge in [0, 0.05) is 12.5 Å². The minimum Gasteiger partial charge on any atom is -0.332 e. The molecular weight excluding hydrogens is 278 g/mol. The molecule has 0 atom stereocenters. The van der Waals surface area contributed by atoms with Gasteiger partial charge in [0.1, 0.15) is 0 Å². The normalized spacial score (nSPS) is 9.90. The molecule has 0 aromatic heterocycles. The lowest BCUT2D eigenvalue weighted by molar-refractivity contribution is -0.385. The number of thiocarbonyl (C=S) groups is 1. The van der Waals surface area contributed by atoms with Crippen molar-refractivity contribution in [3.8, 4) is 0 Å². The van der Waals surface area contributed by atoms with E-state index in [2.05, 4.69) is 10.6 Å². The number of nitro groups is 1. The first-order valence-electron chi connectivity index (χ1n) is 6.30. The van der Waals surface area contributed by atoms with Crippen LogP contribution in [-0.2, 0) is 4.79 Å². The van der Waals surface area contributed by atoms with Gasteiger partial charge in [0.2, 0.25) is 5.91 Å². The number of benzene rings is 1. The molecule has 0 bridgehead atoms. The van der Waals surface area contributed by atoms with Gasteiger partial charge in [-0.1, -0.05) is 19.4 Å². The van der Waals surface area contributed by atoms with Crippen LogP contribution in [0.2, 0.25) is 0 Å². The van der Waals surface area contributed by atoms with Gasteiger partial charge in [-0.25, -0.2) is 0 Å². The SMILES string of the molecule is CCCCC(=O)NC(=S)Nc1cccc([N+](=O)[O-])c1C. The molecule has 0 saturated carbocycles. The maximum atomic E-state index is 11.5. The highest BCUT2D eigenvalue weighted by Gasteiger charge is 2.14. The second kappa shape index (κ2) is 7.54. The molecule has 2 N–H and O–H groups in total. The van der Waals surface area contributed by atoms with Crippen molar-refractivity contribution in [2.24, 2.45) is 0 Å². The molecule has 108 valence electrons. The van der Waals surface area contributed by atoms with E-state index in [4.69, 9.17) is 12.2 Å². The molecule has 0 fully saturated rings. The quantitative estimate of drug-likeness (QED) is 0.495. The standard InChI is InChI=1S/C13H17N3O3S/c1-3-4-8-12(17)15-13(20)14-10-6-5-7-11(9(10)2)16(18)19/h5-7H,3-4,8H2,1-2H3,(H2,14,15,17,20). The predicted molar refractivity (Wildman–Crippen MR) is 81.7 cm³/mol. The highest BCUT2D eigenvalue weighted by Crippen LogP contribution is 2.24. The molecule has 20 heavy (non-hydrogen) atoms. The van der Waals surface area contributed by atoms with Gasteiger partial charge in [-0.2, -0.15) is 0 Å². The third kappa shape index (κ3) is 4.58. The number of unbranched alkanes of at least 4 members (excludes halogenated alkanes) is 1. The molecule has 1 aromatic carbocycles. The molecule has 1 rings (SSSR count). The van der Waals surface area contributed by atoms with Crippen LogP contribution in [0.15, 0.2) is 18.2 Å². The summed E-state index contributed by atoms with van der Waals surface area (Å²) in [6.45, 7) is 3.62. The van der Waals surface area contributed by atoms with Gasteiger partial charge in [-0.05, 0) is 31.6 Å². The van der Waals surface area contributed by atoms with E-state index in [1.807, 2.05) is 6.92 Å². The van der Waals surface area contributed by atoms with Crippen LogP contribution in [0.5, 0.6) is 0 Å². The van der Waals surface area contributed by atoms with E-state index in [9.17, 15) is 14.9 Å². The van der Waals surface area contributed by atoms with Crippen molar-refractivity contribution < 1.29 is 9.72 Å². The van der Waals surface area contributed by atoms with E-state index in [1.165, 1.54) is 6.07 Å². The molecule has 6 nitrogen and oxygen atoms in total. The molecule has 1 amide bonds. The lowest BCUT2D eigenvalue weighted by Gasteiger charge is -2.11. The Bertz CT molecular complexity index is 532. The number of carbonyl (C=O) groups is 1. The van der Waals surface area contributed by atoms with Gasteiger partial charge >= 0.3 is 0 Å². The topological polar surface area (TPSA) is 84.3 Å². The van der Waals surface area contributed by atoms with Gasteiger partial charge in [-0.15, -0.1) is 0 Å². The molecule has 1 aromatic rings. The van der Waals surface area contributed by atoms with Crippen LogP contribution in [0.3, 0.4) is 0 Å². The number of amides is 1. The smallest absolute Gasteiger partial charge is 0.274 e. The number of rotatable bonds is 5. The molecule has 0 heterocycles. The number of carbonyl (C=O) groups excluding carboxylic acids is 1. The molecule has 0 spiro atoms. The number of nitrogens with one attached hydrogen (secondary N) is 2. The third-order valence-corrected chi connectivity index (χ3v) is 2.96. The number of nitrogens with zero attached hydrogens (tertiary/aromatic N) is 1. The number of hydrogen-bond acceptors (Lipinski definition) is 4. The maximum Gasteiger partial charge on any atom is 0.274 e. The molecule has 0 aliphatic heterocycles. The van der Waals surface area contributed by atoms with E-state index in [0.717, 1.165) is 12.8 Å². The summed E-state index contributed by atoms with van der Waals surface area (Å²) in [6.07, 6.45) is 2.13. The molecule has 7 heteroatoms. The molecule has 0 saturated heterocycles. The second-order valence-corrected chi connectivity index (χ2v) is 4.72. The summed E-state index contributed by atoms with van der Waals surface area (Å²) >= 11 is 5.02. The second-order valence-electron chi connectivity index (χ2n) is 4.31. The Kier molecular flexibility index (Phi) is 6.05. The highest BCUT2D eigenvalue weighted by atomic mass is 32.1. The zero-order chi connectivity index (χ0) is 15.1. The van der Waals surface area contributed by atoms with Gasteiger partial charge in [0.05, 0.1) is 16.2 Å². The number of hydrogen-bond donors (Lipinski definition) is 2. The summed E-state index contributed by atoms with van der Waals surface area (Å²) in [5.41, 5.74) is 0.998. The first-order valence-corrected chi connectivity index (χ1v) is 6.71. The van der Waals surface area contributed by atoms with E-state index < -0.39 is 4.92 Å². The summed E-state index contributed by atoms with van der Waals surface area (Å²) in [5.74, 6) is -0.160. The van der Waals surface area contributed by atoms with E-state index in [-0.39, 0.29) is 16.7 Å². The fourth-order valence-corrected chi connectivity index (χ4v) is 1.86. The molecule has 0 unspecified atom stereocenters. The summed E-state index contributed by atoms with van der Waals surface area (Å²) in [6, 6.07) is 4.66. The van der Waals surface area contributed by atoms with Crippen LogP contribution in [0.4, 0.5) is 11.4 Å². The highest BCUT2D eigenvalue weighted by molar-refractivity contribution is 7.80. The van der Waals surface area contributed by atoms with Gasteiger partial charge in [-0.3, -0.25) is 14.9 Å². The summed E-state index contributed by atoms with van der Waals surface area (Å²) in [4.78, 5) is 21.9. The van der Waals surface area contributed by atoms with Crippen molar-refractivity contribution in [1.29, 1.82) is 0 Å². The van der Waals surface area contributed by atoms with E-state index in [1.54, 1.807) is 19.1 Å². The Morgan fingerprint density at radius 1 is 1.45 bits per heavy atom. The fraction of sp³-hybridized carbons (Fsp3) is 0.385. The first kappa shape index (κ1) is 16.0. The zero-order valence-corrected chi connectivity index (χ0v) is 12.3. The summed E-state index contributed by atoms with van der Waals surface area (Å²) in [7, 11) is 0. The largest absolute Gasteiger partial charge is 0.332 e. The van der Waals surface area contributed by atoms with Gasteiger partial charge in [0.15, 0.2) is 5.11 Å². The van der Waals surface area contributed by atoms with E-state index >= 15 is 0 Å². The van der Waals surface area contributed by atoms with E-state index in [0.29, 0.717) is 17.7 Å². The fourth-order valence-electron chi connectivity index (χ4n) is 1.64. The molecule has 0 radical (unpaired) electrons. The van der Waals surface area contributed by atoms with Crippen LogP contribution in [0.1, 0.15) is 31.7 Å². The number of anilines is 1. The Labute approximate surface area is 122 Å². The molecular formula is C13H17N3O3S. The van der Waals surface area contributed by atoms with Crippen molar-refractivity contribution in [3.05, 3.63) is 33.9 Å². The average molecular weight is 295 g/mol. The van der Waals surface area contributed by atoms with Gasteiger partial charge in [0.25, 0.3) is 5.69 Å². The van der Waals surface area contributed by atoms with Crippen molar-refractivity contribution >= 4 is 34.6 Å².